The van der Waals surface area contributed by atoms with Gasteiger partial charge in [0.2, 0.25) is 41.6 Å². The van der Waals surface area contributed by atoms with Gasteiger partial charge in [-0.25, -0.2) is 19.2 Å². The number of carbonyl (C=O) groups excluding carboxylic acids is 1. The maximum Gasteiger partial charge on any atom is 0.326 e. The molecule has 0 unspecified atom stereocenters. The zero-order chi connectivity index (χ0) is 51.5. The Morgan fingerprint density at radius 1 is 0.507 bits per heavy atom. The number of hydrogen-bond donors (Lipinski definition) is 15. The van der Waals surface area contributed by atoms with Crippen LogP contribution in [0.4, 0.5) is 35.7 Å². The van der Waals surface area contributed by atoms with Crippen molar-refractivity contribution in [2.75, 3.05) is 51.5 Å². The summed E-state index contributed by atoms with van der Waals surface area (Å²) >= 11 is 0. The van der Waals surface area contributed by atoms with Crippen LogP contribution in [0.2, 0.25) is 0 Å². The summed E-state index contributed by atoms with van der Waals surface area (Å²) in [5.41, 5.74) is 2.05. The van der Waals surface area contributed by atoms with Crippen molar-refractivity contribution in [3.63, 3.8) is 0 Å². The van der Waals surface area contributed by atoms with Gasteiger partial charge in [-0.15, -0.1) is 0 Å². The van der Waals surface area contributed by atoms with Crippen molar-refractivity contribution >= 4 is 88.3 Å². The van der Waals surface area contributed by atoms with Crippen molar-refractivity contribution in [3.8, 4) is 5.75 Å². The van der Waals surface area contributed by atoms with Crippen molar-refractivity contribution in [2.24, 2.45) is 0 Å². The highest BCUT2D eigenvalue weighted by Gasteiger charge is 2.27. The Balaban J connectivity index is 1.11. The Morgan fingerprint density at radius 2 is 0.958 bits per heavy atom. The lowest BCUT2D eigenvalue weighted by Gasteiger charge is -2.17. The predicted molar refractivity (Wildman–Crippen MR) is 251 cm³/mol. The smallest absolute Gasteiger partial charge is 0.326 e. The molecule has 0 fully saturated rings. The minimum atomic E-state index is -1.65. The summed E-state index contributed by atoms with van der Waals surface area (Å²) in [4.78, 5) is 111. The number of rotatable bonds is 32. The Labute approximate surface area is 402 Å². The lowest BCUT2D eigenvalue weighted by atomic mass is 10.1. The Bertz CT molecular complexity index is 2670. The number of fused-ring (bicyclic) bond motifs is 1. The van der Waals surface area contributed by atoms with Crippen molar-refractivity contribution in [2.45, 2.75) is 82.0 Å². The molecule has 15 N–H and O–H groups in total. The number of hydrogen-bond acceptors (Lipinski definition) is 20. The number of carbonyl (C=O) groups is 7. The molecule has 28 nitrogen and oxygen atoms in total. The number of unbranched alkanes of at least 4 members (excludes halogenated alkanes) is 2. The molecule has 0 saturated carbocycles. The van der Waals surface area contributed by atoms with Gasteiger partial charge in [0, 0.05) is 56.0 Å². The average molecular weight is 989 g/mol. The minimum absolute atomic E-state index is 0.0124. The normalized spacial score (nSPS) is 12.6. The van der Waals surface area contributed by atoms with Crippen LogP contribution in [0.5, 0.6) is 5.75 Å². The molecule has 4 atom stereocenters. The Morgan fingerprint density at radius 3 is 1.46 bits per heavy atom. The molecule has 71 heavy (non-hydrogen) atoms. The maximum absolute atomic E-state index is 12.6. The number of H-pyrrole nitrogens is 1. The second kappa shape index (κ2) is 25.9. The SMILES string of the molecule is O=C(O)C[C@H](Nc1nc(NCCCC(=O)NCCCCCNc2nc(N[C@@H](CC(=O)O)C(=O)O)nc(N[C@@H](Cc3c[nH]c4ccccc34)C(=O)O)n2)nc(N[C@@H](Cc2ccc(O)cc2)C(=O)O)n1)C(=O)O. The second-order valence-electron chi connectivity index (χ2n) is 15.8. The van der Waals surface area contributed by atoms with Gasteiger partial charge < -0.3 is 77.9 Å². The van der Waals surface area contributed by atoms with Gasteiger partial charge in [0.1, 0.15) is 29.9 Å². The molecule has 28 heteroatoms. The van der Waals surface area contributed by atoms with Crippen LogP contribution in [-0.4, -0.2) is 156 Å². The van der Waals surface area contributed by atoms with Gasteiger partial charge in [-0.05, 0) is 55.0 Å². The van der Waals surface area contributed by atoms with E-state index in [-0.39, 0.29) is 86.1 Å². The number of anilines is 6. The molecule has 0 spiro atoms. The molecule has 0 bridgehead atoms. The van der Waals surface area contributed by atoms with Crippen LogP contribution in [-0.2, 0) is 46.4 Å². The number of phenols is 1. The Hall–Kier alpha value is -9.11. The number of aromatic nitrogens is 7. The van der Waals surface area contributed by atoms with E-state index >= 15 is 0 Å². The number of carboxylic acid groups (broad SMARTS) is 6. The fourth-order valence-corrected chi connectivity index (χ4v) is 6.72. The van der Waals surface area contributed by atoms with Gasteiger partial charge in [0.05, 0.1) is 12.8 Å². The number of aromatic hydroxyl groups is 1. The number of aromatic amines is 1. The van der Waals surface area contributed by atoms with Crippen LogP contribution in [0.15, 0.2) is 54.7 Å². The number of nitrogens with one attached hydrogen (secondary N) is 8. The third-order valence-electron chi connectivity index (χ3n) is 10.2. The monoisotopic (exact) mass is 988 g/mol. The molecule has 2 aromatic carbocycles. The molecule has 3 aromatic heterocycles. The number of amides is 1. The van der Waals surface area contributed by atoms with Crippen LogP contribution < -0.4 is 37.2 Å². The number of carboxylic acids is 6. The molecule has 5 rings (SSSR count). The standard InChI is InChI=1S/C43H52N14O14/c58-24-12-10-22(11-13-24)17-27(34(64)65)48-40-54-39(55-43(56-40)51-30(37(70)71)20-33(62)63)46-16-6-9-31(59)44-14-4-1-5-15-45-38-52-41(57-42(53-38)50-29(36(68)69)19-32(60)61)49-28(35(66)67)18-23-21-47-26-8-3-2-7-25(23)26/h2-3,7-8,10-13,21,27-30,47,58H,1,4-6,9,14-20H2,(H,44,59)(H,60,61)(H,62,63)(H,64,65)(H,66,67)(H,68,69)(H,70,71)(H3,45,49,50,52,53,57)(H3,46,48,51,54,55,56)/t27-,28-,29-,30-/m0/s1. The highest BCUT2D eigenvalue weighted by Crippen LogP contribution is 2.22. The Kier molecular flexibility index (Phi) is 19.3. The third kappa shape index (κ3) is 17.5. The molecule has 1 amide bonds. The van der Waals surface area contributed by atoms with E-state index in [0.29, 0.717) is 36.9 Å². The quantitative estimate of drug-likeness (QED) is 0.0273. The lowest BCUT2D eigenvalue weighted by molar-refractivity contribution is -0.144. The fraction of sp³-hybridized carbons (Fsp3) is 0.372. The summed E-state index contributed by atoms with van der Waals surface area (Å²) in [6.45, 7) is 0.731. The molecular weight excluding hydrogens is 937 g/mol. The molecule has 0 aliphatic carbocycles. The first-order valence-corrected chi connectivity index (χ1v) is 21.9. The molecular formula is C43H52N14O14. The van der Waals surface area contributed by atoms with Crippen LogP contribution in [0.25, 0.3) is 10.9 Å². The van der Waals surface area contributed by atoms with E-state index < -0.39 is 72.8 Å². The van der Waals surface area contributed by atoms with E-state index in [1.807, 2.05) is 24.3 Å². The highest BCUT2D eigenvalue weighted by atomic mass is 16.4. The van der Waals surface area contributed by atoms with Gasteiger partial charge in [-0.3, -0.25) is 14.4 Å². The van der Waals surface area contributed by atoms with E-state index in [1.54, 1.807) is 6.20 Å². The van der Waals surface area contributed by atoms with Crippen molar-refractivity contribution in [1.82, 2.24) is 40.2 Å². The second-order valence-corrected chi connectivity index (χ2v) is 15.8. The summed E-state index contributed by atoms with van der Waals surface area (Å²) in [5, 5.41) is 86.9. The van der Waals surface area contributed by atoms with E-state index in [1.165, 1.54) is 24.3 Å². The van der Waals surface area contributed by atoms with E-state index in [9.17, 15) is 69.3 Å². The van der Waals surface area contributed by atoms with Crippen molar-refractivity contribution < 1.29 is 69.3 Å². The number of aliphatic carboxylic acids is 6. The summed E-state index contributed by atoms with van der Waals surface area (Å²) in [6.07, 6.45) is 2.03. The van der Waals surface area contributed by atoms with E-state index in [4.69, 9.17) is 0 Å². The predicted octanol–water partition coefficient (Wildman–Crippen LogP) is 1.73. The minimum Gasteiger partial charge on any atom is -0.508 e. The summed E-state index contributed by atoms with van der Waals surface area (Å²) in [7, 11) is 0. The van der Waals surface area contributed by atoms with Gasteiger partial charge in [-0.1, -0.05) is 30.3 Å². The fourth-order valence-electron chi connectivity index (χ4n) is 6.72. The summed E-state index contributed by atoms with van der Waals surface area (Å²) in [5.74, 6) is -10.0. The zero-order valence-corrected chi connectivity index (χ0v) is 37.7. The van der Waals surface area contributed by atoms with Gasteiger partial charge in [-0.2, -0.15) is 29.9 Å². The van der Waals surface area contributed by atoms with Crippen LogP contribution in [0.1, 0.15) is 56.1 Å². The highest BCUT2D eigenvalue weighted by molar-refractivity contribution is 5.86. The van der Waals surface area contributed by atoms with Crippen LogP contribution >= 0.6 is 0 Å². The first-order chi connectivity index (χ1) is 33.9. The van der Waals surface area contributed by atoms with Gasteiger partial charge in [0.25, 0.3) is 0 Å². The maximum atomic E-state index is 12.6. The third-order valence-corrected chi connectivity index (χ3v) is 10.2. The zero-order valence-electron chi connectivity index (χ0n) is 37.7. The van der Waals surface area contributed by atoms with E-state index in [2.05, 4.69) is 72.1 Å². The largest absolute Gasteiger partial charge is 0.508 e. The molecule has 0 aliphatic rings. The van der Waals surface area contributed by atoms with Crippen molar-refractivity contribution in [1.29, 1.82) is 0 Å². The average Bonchev–Trinajstić information content (AvgIpc) is 3.72. The number of nitrogens with zero attached hydrogens (tertiary/aromatic N) is 6. The van der Waals surface area contributed by atoms with E-state index in [0.717, 1.165) is 10.9 Å². The number of para-hydroxylation sites is 1. The summed E-state index contributed by atoms with van der Waals surface area (Å²) < 4.78 is 0. The number of benzene rings is 2. The topological polar surface area (TPSA) is 438 Å². The molecule has 0 saturated heterocycles. The lowest BCUT2D eigenvalue weighted by Crippen LogP contribution is -2.34. The summed E-state index contributed by atoms with van der Waals surface area (Å²) in [6, 6.07) is 7.34. The molecule has 3 heterocycles. The first kappa shape index (κ1) is 52.9. The molecule has 0 aliphatic heterocycles. The van der Waals surface area contributed by atoms with Gasteiger partial charge >= 0.3 is 35.8 Å². The number of phenolic OH excluding ortho intramolecular Hbond substituents is 1. The molecule has 378 valence electrons. The van der Waals surface area contributed by atoms with Crippen molar-refractivity contribution in [3.05, 3.63) is 65.9 Å². The first-order valence-electron chi connectivity index (χ1n) is 21.9. The van der Waals surface area contributed by atoms with Crippen LogP contribution in [0, 0.1) is 0 Å². The molecule has 5 aromatic rings. The van der Waals surface area contributed by atoms with Crippen LogP contribution in [0.3, 0.4) is 0 Å². The van der Waals surface area contributed by atoms with Gasteiger partial charge in [0.15, 0.2) is 0 Å². The molecule has 0 radical (unpaired) electrons.